The quantitative estimate of drug-likeness (QED) is 0.744. The van der Waals surface area contributed by atoms with E-state index in [2.05, 4.69) is 5.32 Å². The van der Waals surface area contributed by atoms with Crippen molar-refractivity contribution in [1.82, 2.24) is 5.32 Å². The Morgan fingerprint density at radius 1 is 1.44 bits per heavy atom. The summed E-state index contributed by atoms with van der Waals surface area (Å²) in [4.78, 5) is 22.5. The molecule has 18 heavy (non-hydrogen) atoms. The molecule has 0 saturated heterocycles. The van der Waals surface area contributed by atoms with Gasteiger partial charge in [-0.05, 0) is 18.6 Å². The van der Waals surface area contributed by atoms with E-state index < -0.39 is 23.7 Å². The van der Waals surface area contributed by atoms with Crippen LogP contribution in [0.5, 0.6) is 5.75 Å². The lowest BCUT2D eigenvalue weighted by atomic mass is 10.1. The van der Waals surface area contributed by atoms with Gasteiger partial charge in [0.25, 0.3) is 5.91 Å². The van der Waals surface area contributed by atoms with Gasteiger partial charge >= 0.3 is 5.97 Å². The third-order valence-electron chi connectivity index (χ3n) is 2.38. The van der Waals surface area contributed by atoms with Crippen molar-refractivity contribution in [2.24, 2.45) is 0 Å². The van der Waals surface area contributed by atoms with Gasteiger partial charge in [0.05, 0.1) is 5.56 Å². The van der Waals surface area contributed by atoms with Crippen LogP contribution in [0.1, 0.15) is 30.1 Å². The minimum Gasteiger partial charge on any atom is -0.508 e. The molecule has 98 valence electrons. The zero-order valence-corrected chi connectivity index (χ0v) is 9.81. The molecular weight excluding hydrogens is 241 g/mol. The van der Waals surface area contributed by atoms with Gasteiger partial charge in [0, 0.05) is 6.07 Å². The number of carboxylic acid groups (broad SMARTS) is 1. The topological polar surface area (TPSA) is 86.6 Å². The zero-order valence-electron chi connectivity index (χ0n) is 9.81. The molecule has 1 unspecified atom stereocenters. The molecule has 0 aromatic heterocycles. The normalized spacial score (nSPS) is 11.9. The summed E-state index contributed by atoms with van der Waals surface area (Å²) < 4.78 is 13.4. The fraction of sp³-hybridized carbons (Fsp3) is 0.333. The number of hydrogen-bond acceptors (Lipinski definition) is 3. The average molecular weight is 255 g/mol. The number of aromatic hydroxyl groups is 1. The van der Waals surface area contributed by atoms with Gasteiger partial charge in [-0.15, -0.1) is 0 Å². The molecular formula is C12H14FNO4. The first kappa shape index (κ1) is 14.0. The second kappa shape index (κ2) is 6.00. The molecule has 0 fully saturated rings. The van der Waals surface area contributed by atoms with Crippen molar-refractivity contribution in [3.8, 4) is 5.75 Å². The largest absolute Gasteiger partial charge is 0.508 e. The summed E-state index contributed by atoms with van der Waals surface area (Å²) in [6.45, 7) is 1.78. The van der Waals surface area contributed by atoms with Crippen LogP contribution in [0.25, 0.3) is 0 Å². The molecule has 3 N–H and O–H groups in total. The number of phenolic OH excluding ortho intramolecular Hbond substituents is 1. The number of carbonyl (C=O) groups excluding carboxylic acids is 1. The predicted molar refractivity (Wildman–Crippen MR) is 61.9 cm³/mol. The van der Waals surface area contributed by atoms with E-state index in [0.29, 0.717) is 6.42 Å². The van der Waals surface area contributed by atoms with Crippen LogP contribution in [0.2, 0.25) is 0 Å². The number of aliphatic carboxylic acids is 1. The molecule has 1 aromatic carbocycles. The van der Waals surface area contributed by atoms with E-state index in [9.17, 15) is 14.0 Å². The minimum atomic E-state index is -1.16. The van der Waals surface area contributed by atoms with Crippen LogP contribution in [-0.4, -0.2) is 28.1 Å². The zero-order chi connectivity index (χ0) is 13.7. The van der Waals surface area contributed by atoms with Crippen LogP contribution < -0.4 is 5.32 Å². The molecule has 6 heteroatoms. The first-order valence-electron chi connectivity index (χ1n) is 5.48. The van der Waals surface area contributed by atoms with Crippen molar-refractivity contribution in [1.29, 1.82) is 0 Å². The number of phenols is 1. The van der Waals surface area contributed by atoms with Gasteiger partial charge in [0.15, 0.2) is 0 Å². The van der Waals surface area contributed by atoms with Gasteiger partial charge in [-0.1, -0.05) is 13.3 Å². The fourth-order valence-electron chi connectivity index (χ4n) is 1.47. The van der Waals surface area contributed by atoms with Crippen LogP contribution in [0.3, 0.4) is 0 Å². The number of halogens is 1. The van der Waals surface area contributed by atoms with E-state index in [1.807, 2.05) is 0 Å². The summed E-state index contributed by atoms with van der Waals surface area (Å²) >= 11 is 0. The van der Waals surface area contributed by atoms with Gasteiger partial charge in [-0.3, -0.25) is 4.79 Å². The lowest BCUT2D eigenvalue weighted by molar-refractivity contribution is -0.139. The van der Waals surface area contributed by atoms with Crippen LogP contribution in [0.15, 0.2) is 18.2 Å². The molecule has 0 spiro atoms. The SMILES string of the molecule is CCCC(NC(=O)c1ccc(O)cc1F)C(=O)O. The Labute approximate surface area is 103 Å². The Hall–Kier alpha value is -2.11. The summed E-state index contributed by atoms with van der Waals surface area (Å²) in [6, 6.07) is 2.01. The Morgan fingerprint density at radius 2 is 2.11 bits per heavy atom. The first-order chi connectivity index (χ1) is 8.45. The van der Waals surface area contributed by atoms with Gasteiger partial charge < -0.3 is 15.5 Å². The van der Waals surface area contributed by atoms with Crippen LogP contribution in [0.4, 0.5) is 4.39 Å². The van der Waals surface area contributed by atoms with E-state index in [1.54, 1.807) is 6.92 Å². The van der Waals surface area contributed by atoms with E-state index in [0.717, 1.165) is 18.2 Å². The second-order valence-corrected chi connectivity index (χ2v) is 3.82. The summed E-state index contributed by atoms with van der Waals surface area (Å²) in [5, 5.41) is 20.1. The van der Waals surface area contributed by atoms with Crippen LogP contribution >= 0.6 is 0 Å². The second-order valence-electron chi connectivity index (χ2n) is 3.82. The number of nitrogens with one attached hydrogen (secondary N) is 1. The van der Waals surface area contributed by atoms with Gasteiger partial charge in [0.2, 0.25) is 0 Å². The van der Waals surface area contributed by atoms with Gasteiger partial charge in [-0.25, -0.2) is 9.18 Å². The maximum Gasteiger partial charge on any atom is 0.326 e. The highest BCUT2D eigenvalue weighted by atomic mass is 19.1. The number of rotatable bonds is 5. The standard InChI is InChI=1S/C12H14FNO4/c1-2-3-10(12(17)18)14-11(16)8-5-4-7(15)6-9(8)13/h4-6,10,15H,2-3H2,1H3,(H,14,16)(H,17,18). The van der Waals surface area contributed by atoms with Gasteiger partial charge in [0.1, 0.15) is 17.6 Å². The fourth-order valence-corrected chi connectivity index (χ4v) is 1.47. The number of carbonyl (C=O) groups is 2. The Bertz CT molecular complexity index is 461. The van der Waals surface area contributed by atoms with E-state index in [4.69, 9.17) is 10.2 Å². The van der Waals surface area contributed by atoms with Crippen molar-refractivity contribution in [3.05, 3.63) is 29.6 Å². The highest BCUT2D eigenvalue weighted by Crippen LogP contribution is 2.15. The van der Waals surface area contributed by atoms with E-state index in [-0.39, 0.29) is 17.7 Å². The van der Waals surface area contributed by atoms with Crippen molar-refractivity contribution in [3.63, 3.8) is 0 Å². The monoisotopic (exact) mass is 255 g/mol. The lowest BCUT2D eigenvalue weighted by Crippen LogP contribution is -2.40. The molecule has 5 nitrogen and oxygen atoms in total. The molecule has 1 amide bonds. The number of amides is 1. The highest BCUT2D eigenvalue weighted by Gasteiger charge is 2.21. The maximum absolute atomic E-state index is 13.4. The molecule has 1 aromatic rings. The molecule has 0 aliphatic heterocycles. The molecule has 0 radical (unpaired) electrons. The van der Waals surface area contributed by atoms with E-state index >= 15 is 0 Å². The van der Waals surface area contributed by atoms with E-state index in [1.165, 1.54) is 0 Å². The Kier molecular flexibility index (Phi) is 4.65. The van der Waals surface area contributed by atoms with Crippen LogP contribution in [0, 0.1) is 5.82 Å². The average Bonchev–Trinajstić information content (AvgIpc) is 2.27. The Balaban J connectivity index is 2.83. The Morgan fingerprint density at radius 3 is 2.61 bits per heavy atom. The summed E-state index contributed by atoms with van der Waals surface area (Å²) in [5.74, 6) is -3.17. The molecule has 0 heterocycles. The van der Waals surface area contributed by atoms with Crippen molar-refractivity contribution in [2.45, 2.75) is 25.8 Å². The van der Waals surface area contributed by atoms with Crippen LogP contribution in [-0.2, 0) is 4.79 Å². The van der Waals surface area contributed by atoms with Crippen molar-refractivity contribution < 1.29 is 24.2 Å². The lowest BCUT2D eigenvalue weighted by Gasteiger charge is -2.13. The summed E-state index contributed by atoms with van der Waals surface area (Å²) in [7, 11) is 0. The predicted octanol–water partition coefficient (Wildman–Crippen LogP) is 1.51. The smallest absolute Gasteiger partial charge is 0.326 e. The highest BCUT2D eigenvalue weighted by molar-refractivity contribution is 5.96. The molecule has 1 atom stereocenters. The third-order valence-corrected chi connectivity index (χ3v) is 2.38. The molecule has 0 saturated carbocycles. The van der Waals surface area contributed by atoms with Crippen molar-refractivity contribution in [2.75, 3.05) is 0 Å². The molecule has 0 aliphatic carbocycles. The summed E-state index contributed by atoms with van der Waals surface area (Å²) in [5.41, 5.74) is -0.296. The first-order valence-corrected chi connectivity index (χ1v) is 5.48. The summed E-state index contributed by atoms with van der Waals surface area (Å²) in [6.07, 6.45) is 0.843. The minimum absolute atomic E-state index is 0.265. The van der Waals surface area contributed by atoms with Gasteiger partial charge in [-0.2, -0.15) is 0 Å². The number of hydrogen-bond donors (Lipinski definition) is 3. The number of carboxylic acids is 1. The molecule has 0 aliphatic rings. The number of benzene rings is 1. The van der Waals surface area contributed by atoms with Crippen molar-refractivity contribution >= 4 is 11.9 Å². The third kappa shape index (κ3) is 3.44. The molecule has 1 rings (SSSR count). The maximum atomic E-state index is 13.4. The molecule has 0 bridgehead atoms.